The van der Waals surface area contributed by atoms with Gasteiger partial charge in [0.15, 0.2) is 0 Å². The number of rotatable bonds is 6. The number of hydrogen-bond acceptors (Lipinski definition) is 4. The van der Waals surface area contributed by atoms with Crippen LogP contribution in [0.25, 0.3) is 83.5 Å². The number of anilines is 4. The monoisotopic (exact) mass is 1020 g/mol. The van der Waals surface area contributed by atoms with Gasteiger partial charge < -0.3 is 18.6 Å². The lowest BCUT2D eigenvalue weighted by Gasteiger charge is -2.50. The maximum absolute atomic E-state index is 7.22. The number of hydrogen-bond donors (Lipinski definition) is 0. The van der Waals surface area contributed by atoms with Crippen LogP contribution in [0.1, 0.15) is 91.1 Å². The Morgan fingerprint density at radius 2 is 1.13 bits per heavy atom. The van der Waals surface area contributed by atoms with Gasteiger partial charge in [0.1, 0.15) is 22.5 Å². The summed E-state index contributed by atoms with van der Waals surface area (Å²) in [4.78, 5) is 5.27. The number of para-hydroxylation sites is 4. The van der Waals surface area contributed by atoms with Gasteiger partial charge in [0, 0.05) is 61.0 Å². The fourth-order valence-corrected chi connectivity index (χ4v) is 15.9. The normalized spacial score (nSPS) is 19.8. The average Bonchev–Trinajstić information content (AvgIpc) is 2.77. The van der Waals surface area contributed by atoms with Gasteiger partial charge in [-0.2, -0.15) is 0 Å². The van der Waals surface area contributed by atoms with Crippen LogP contribution in [0.15, 0.2) is 239 Å². The number of nitrogens with zero attached hydrogens (tertiary/aromatic N) is 2. The zero-order chi connectivity index (χ0) is 52.2. The van der Waals surface area contributed by atoms with Crippen molar-refractivity contribution in [2.75, 3.05) is 9.80 Å². The van der Waals surface area contributed by atoms with Gasteiger partial charge in [-0.05, 0) is 142 Å². The summed E-state index contributed by atoms with van der Waals surface area (Å²) < 4.78 is 14.2. The fraction of sp³-hybridized carbons (Fsp3) is 0.147. The van der Waals surface area contributed by atoms with Gasteiger partial charge >= 0.3 is 0 Å². The molecule has 0 amide bonds. The van der Waals surface area contributed by atoms with E-state index in [-0.39, 0.29) is 17.0 Å². The van der Waals surface area contributed by atoms with E-state index in [1.54, 1.807) is 0 Å². The highest BCUT2D eigenvalue weighted by Crippen LogP contribution is 2.67. The Kier molecular flexibility index (Phi) is 9.36. The Morgan fingerprint density at radius 1 is 0.494 bits per heavy atom. The third-order valence-electron chi connectivity index (χ3n) is 19.6. The highest BCUT2D eigenvalue weighted by molar-refractivity contribution is 6.20. The smallest absolute Gasteiger partial charge is 0.143 e. The maximum Gasteiger partial charge on any atom is 0.143 e. The second-order valence-corrected chi connectivity index (χ2v) is 23.2. The van der Waals surface area contributed by atoms with Crippen molar-refractivity contribution in [3.63, 3.8) is 0 Å². The van der Waals surface area contributed by atoms with Crippen molar-refractivity contribution in [3.8, 4) is 44.5 Å². The van der Waals surface area contributed by atoms with Crippen LogP contribution in [-0.4, -0.2) is 5.54 Å². The third-order valence-corrected chi connectivity index (χ3v) is 19.6. The van der Waals surface area contributed by atoms with E-state index in [2.05, 4.69) is 260 Å². The Balaban J connectivity index is 0.924. The zero-order valence-corrected chi connectivity index (χ0v) is 44.3. The van der Waals surface area contributed by atoms with E-state index >= 15 is 0 Å². The quantitative estimate of drug-likeness (QED) is 0.166. The summed E-state index contributed by atoms with van der Waals surface area (Å²) in [6, 6.07) is 83.8. The molecular weight excluding hydrogens is 961 g/mol. The number of fused-ring (bicyclic) bond motifs is 20. The van der Waals surface area contributed by atoms with E-state index in [9.17, 15) is 0 Å². The van der Waals surface area contributed by atoms with Crippen LogP contribution in [0.3, 0.4) is 0 Å². The van der Waals surface area contributed by atoms with E-state index in [1.165, 1.54) is 91.8 Å². The molecule has 4 nitrogen and oxygen atoms in total. The molecule has 3 unspecified atom stereocenters. The van der Waals surface area contributed by atoms with Gasteiger partial charge in [0.2, 0.25) is 0 Å². The van der Waals surface area contributed by atoms with Gasteiger partial charge in [-0.1, -0.05) is 202 Å². The highest BCUT2D eigenvalue weighted by Gasteiger charge is 2.58. The SMILES string of the molecule is CC12CCCCC1(C)N(c1ccc(-c3cc4c(c5c3oc3ccccc35)-c3ccc(N(c5ccccc5-c5ccccc5)C5CC=Cc6c5oc5ccccc65)cc3C43c4ccccc4-c4ccccc43)cc1)c1ccccc12. The molecule has 5 aliphatic rings. The molecule has 10 aromatic carbocycles. The first kappa shape index (κ1) is 45.0. The van der Waals surface area contributed by atoms with E-state index in [0.29, 0.717) is 0 Å². The summed E-state index contributed by atoms with van der Waals surface area (Å²) in [7, 11) is 0. The second kappa shape index (κ2) is 16.5. The number of furan rings is 2. The predicted molar refractivity (Wildman–Crippen MR) is 325 cm³/mol. The first-order chi connectivity index (χ1) is 38.9. The minimum Gasteiger partial charge on any atom is -0.458 e. The summed E-state index contributed by atoms with van der Waals surface area (Å²) in [5, 5.41) is 3.43. The standard InChI is InChI=1S/C75H56N2O2/c1-73-43-18-19-44-74(73,2)77(65-33-15-13-31-61(65)73)49-39-37-48(38-40-49)58-46-63-69(70-57-27-10-17-36-68(57)79-72(58)70)56-42-41-50(45-62(56)75(63)59-29-11-6-24-52(59)53-25-7-12-30-60(53)75)76(64-32-14-8-23-51(64)47-21-4-3-5-22-47)66-34-20-28-55-54-26-9-16-35-67(54)78-71(55)66/h3-17,20-33,35-42,45-46,66H,18-19,34,43-44H2,1-2H3. The lowest BCUT2D eigenvalue weighted by molar-refractivity contribution is 0.195. The van der Waals surface area contributed by atoms with Gasteiger partial charge in [-0.3, -0.25) is 0 Å². The van der Waals surface area contributed by atoms with E-state index < -0.39 is 5.41 Å². The minimum atomic E-state index is -0.671. The number of benzene rings is 10. The molecule has 4 aliphatic carbocycles. The Hall–Kier alpha value is -9.12. The molecule has 0 radical (unpaired) electrons. The molecule has 2 aromatic heterocycles. The minimum absolute atomic E-state index is 0.0302. The summed E-state index contributed by atoms with van der Waals surface area (Å²) >= 11 is 0. The predicted octanol–water partition coefficient (Wildman–Crippen LogP) is 20.0. The van der Waals surface area contributed by atoms with Crippen molar-refractivity contribution in [3.05, 3.63) is 270 Å². The third kappa shape index (κ3) is 5.93. The lowest BCUT2D eigenvalue weighted by Crippen LogP contribution is -2.54. The topological polar surface area (TPSA) is 32.8 Å². The molecule has 0 saturated heterocycles. The van der Waals surface area contributed by atoms with Gasteiger partial charge in [0.25, 0.3) is 0 Å². The molecule has 1 aliphatic heterocycles. The summed E-state index contributed by atoms with van der Waals surface area (Å²) in [5.74, 6) is 0.986. The van der Waals surface area contributed by atoms with Crippen LogP contribution in [0, 0.1) is 0 Å². The van der Waals surface area contributed by atoms with Crippen molar-refractivity contribution in [2.24, 2.45) is 0 Å². The molecule has 1 saturated carbocycles. The van der Waals surface area contributed by atoms with Crippen LogP contribution in [-0.2, 0) is 10.8 Å². The zero-order valence-electron chi connectivity index (χ0n) is 44.3. The Morgan fingerprint density at radius 3 is 1.91 bits per heavy atom. The molecule has 378 valence electrons. The van der Waals surface area contributed by atoms with E-state index in [0.717, 1.165) is 79.6 Å². The average molecular weight is 1020 g/mol. The van der Waals surface area contributed by atoms with Crippen molar-refractivity contribution >= 4 is 61.7 Å². The van der Waals surface area contributed by atoms with Crippen molar-refractivity contribution < 1.29 is 8.83 Å². The van der Waals surface area contributed by atoms with Crippen molar-refractivity contribution in [1.29, 1.82) is 0 Å². The summed E-state index contributed by atoms with van der Waals surface area (Å²) in [6.07, 6.45) is 10.2. The van der Waals surface area contributed by atoms with Crippen molar-refractivity contribution in [1.82, 2.24) is 0 Å². The second-order valence-electron chi connectivity index (χ2n) is 23.2. The highest BCUT2D eigenvalue weighted by atomic mass is 16.3. The molecule has 1 fully saturated rings. The molecule has 79 heavy (non-hydrogen) atoms. The maximum atomic E-state index is 7.22. The van der Waals surface area contributed by atoms with Crippen LogP contribution in [0.4, 0.5) is 22.7 Å². The fourth-order valence-electron chi connectivity index (χ4n) is 15.9. The molecule has 17 rings (SSSR count). The summed E-state index contributed by atoms with van der Waals surface area (Å²) in [5.41, 5.74) is 24.3. The first-order valence-corrected chi connectivity index (χ1v) is 28.4. The molecule has 3 heterocycles. The molecule has 12 aromatic rings. The van der Waals surface area contributed by atoms with Crippen molar-refractivity contribution in [2.45, 2.75) is 68.4 Å². The van der Waals surface area contributed by atoms with Gasteiger partial charge in [-0.15, -0.1) is 0 Å². The van der Waals surface area contributed by atoms with Gasteiger partial charge in [-0.25, -0.2) is 0 Å². The first-order valence-electron chi connectivity index (χ1n) is 28.4. The van der Waals surface area contributed by atoms with Gasteiger partial charge in [0.05, 0.1) is 17.0 Å². The van der Waals surface area contributed by atoms with Crippen LogP contribution < -0.4 is 9.80 Å². The molecular formula is C75H56N2O2. The Labute approximate surface area is 460 Å². The molecule has 0 bridgehead atoms. The molecule has 1 spiro atoms. The van der Waals surface area contributed by atoms with E-state index in [4.69, 9.17) is 8.83 Å². The van der Waals surface area contributed by atoms with Crippen LogP contribution in [0.2, 0.25) is 0 Å². The summed E-state index contributed by atoms with van der Waals surface area (Å²) in [6.45, 7) is 5.03. The molecule has 0 N–H and O–H groups in total. The molecule has 3 atom stereocenters. The largest absolute Gasteiger partial charge is 0.458 e. The van der Waals surface area contributed by atoms with E-state index in [1.807, 2.05) is 0 Å². The van der Waals surface area contributed by atoms with Crippen LogP contribution in [0.5, 0.6) is 0 Å². The Bertz CT molecular complexity index is 4490. The van der Waals surface area contributed by atoms with Crippen LogP contribution >= 0.6 is 0 Å². The lowest BCUT2D eigenvalue weighted by atomic mass is 9.61. The molecule has 4 heteroatoms.